The number of hydrogen-bond acceptors (Lipinski definition) is 4. The maximum Gasteiger partial charge on any atom is 0.224 e. The zero-order chi connectivity index (χ0) is 12.7. The molecule has 0 aromatic carbocycles. The molecule has 0 aliphatic rings. The van der Waals surface area contributed by atoms with Gasteiger partial charge in [0, 0.05) is 13.0 Å². The van der Waals surface area contributed by atoms with Crippen LogP contribution in [0.1, 0.15) is 38.3 Å². The van der Waals surface area contributed by atoms with Crippen molar-refractivity contribution in [2.45, 2.75) is 39.7 Å². The molecule has 1 unspecified atom stereocenters. The summed E-state index contributed by atoms with van der Waals surface area (Å²) in [5.41, 5.74) is 5.55. The molecule has 1 aromatic rings. The molecule has 3 N–H and O–H groups in total. The van der Waals surface area contributed by atoms with Gasteiger partial charge >= 0.3 is 0 Å². The summed E-state index contributed by atoms with van der Waals surface area (Å²) >= 11 is 0. The highest BCUT2D eigenvalue weighted by Crippen LogP contribution is 2.06. The molecule has 0 saturated carbocycles. The van der Waals surface area contributed by atoms with Gasteiger partial charge in [-0.2, -0.15) is 0 Å². The monoisotopic (exact) mass is 239 g/mol. The van der Waals surface area contributed by atoms with Gasteiger partial charge in [0.2, 0.25) is 11.8 Å². The molecule has 0 bridgehead atoms. The van der Waals surface area contributed by atoms with Gasteiger partial charge in [-0.1, -0.05) is 20.3 Å². The molecule has 0 aliphatic carbocycles. The molecule has 0 aliphatic heterocycles. The second-order valence-electron chi connectivity index (χ2n) is 4.01. The molecule has 1 heterocycles. The summed E-state index contributed by atoms with van der Waals surface area (Å²) in [7, 11) is 0. The standard InChI is InChI=1S/C12H21N3O2/c1-3-5-9(6-13)12(16)15-8-11-14-7-10(4-2)17-11/h7,9H,3-6,8,13H2,1-2H3,(H,15,16). The quantitative estimate of drug-likeness (QED) is 0.749. The summed E-state index contributed by atoms with van der Waals surface area (Å²) in [5.74, 6) is 1.24. The number of hydrogen-bond donors (Lipinski definition) is 2. The second-order valence-corrected chi connectivity index (χ2v) is 4.01. The fourth-order valence-corrected chi connectivity index (χ4v) is 1.60. The van der Waals surface area contributed by atoms with Crippen molar-refractivity contribution in [3.63, 3.8) is 0 Å². The normalized spacial score (nSPS) is 12.4. The number of nitrogens with zero attached hydrogens (tertiary/aromatic N) is 1. The molecule has 0 radical (unpaired) electrons. The van der Waals surface area contributed by atoms with Gasteiger partial charge in [-0.25, -0.2) is 4.98 Å². The lowest BCUT2D eigenvalue weighted by Gasteiger charge is -2.12. The van der Waals surface area contributed by atoms with E-state index in [0.29, 0.717) is 19.0 Å². The summed E-state index contributed by atoms with van der Waals surface area (Å²) in [4.78, 5) is 15.8. The predicted molar refractivity (Wildman–Crippen MR) is 65.2 cm³/mol. The van der Waals surface area contributed by atoms with Crippen molar-refractivity contribution >= 4 is 5.91 Å². The number of carbonyl (C=O) groups is 1. The molecule has 5 nitrogen and oxygen atoms in total. The lowest BCUT2D eigenvalue weighted by atomic mass is 10.0. The van der Waals surface area contributed by atoms with Crippen molar-refractivity contribution in [1.29, 1.82) is 0 Å². The number of aromatic nitrogens is 1. The van der Waals surface area contributed by atoms with E-state index in [-0.39, 0.29) is 11.8 Å². The lowest BCUT2D eigenvalue weighted by Crippen LogP contribution is -2.34. The molecule has 17 heavy (non-hydrogen) atoms. The maximum absolute atomic E-state index is 11.8. The van der Waals surface area contributed by atoms with E-state index in [0.717, 1.165) is 25.0 Å². The minimum atomic E-state index is -0.111. The Morgan fingerprint density at radius 3 is 2.88 bits per heavy atom. The number of nitrogens with two attached hydrogens (primary N) is 1. The van der Waals surface area contributed by atoms with Crippen LogP contribution in [0.25, 0.3) is 0 Å². The van der Waals surface area contributed by atoms with Gasteiger partial charge in [0.05, 0.1) is 18.7 Å². The van der Waals surface area contributed by atoms with E-state index in [1.807, 2.05) is 13.8 Å². The number of amides is 1. The van der Waals surface area contributed by atoms with E-state index in [4.69, 9.17) is 10.2 Å². The summed E-state index contributed by atoms with van der Waals surface area (Å²) in [6, 6.07) is 0. The Kier molecular flexibility index (Phi) is 5.69. The van der Waals surface area contributed by atoms with E-state index in [1.165, 1.54) is 0 Å². The Morgan fingerprint density at radius 1 is 1.59 bits per heavy atom. The molecule has 1 aromatic heterocycles. The van der Waals surface area contributed by atoms with Crippen molar-refractivity contribution in [2.24, 2.45) is 11.7 Å². The number of nitrogens with one attached hydrogen (secondary N) is 1. The fourth-order valence-electron chi connectivity index (χ4n) is 1.60. The van der Waals surface area contributed by atoms with Gasteiger partial charge in [-0.05, 0) is 6.42 Å². The third-order valence-corrected chi connectivity index (χ3v) is 2.66. The molecule has 1 rings (SSSR count). The molecule has 0 spiro atoms. The lowest BCUT2D eigenvalue weighted by molar-refractivity contribution is -0.125. The molecule has 0 fully saturated rings. The first kappa shape index (κ1) is 13.7. The number of carbonyl (C=O) groups excluding carboxylic acids is 1. The second kappa shape index (κ2) is 7.06. The first-order valence-corrected chi connectivity index (χ1v) is 6.12. The maximum atomic E-state index is 11.8. The van der Waals surface area contributed by atoms with Crippen LogP contribution in [0.3, 0.4) is 0 Å². The first-order valence-electron chi connectivity index (χ1n) is 6.12. The van der Waals surface area contributed by atoms with E-state index in [2.05, 4.69) is 10.3 Å². The summed E-state index contributed by atoms with van der Waals surface area (Å²) < 4.78 is 5.40. The van der Waals surface area contributed by atoms with Gasteiger partial charge in [-0.15, -0.1) is 0 Å². The molecule has 96 valence electrons. The molecule has 0 saturated heterocycles. The van der Waals surface area contributed by atoms with Crippen LogP contribution in [0.15, 0.2) is 10.6 Å². The minimum absolute atomic E-state index is 0.0226. The number of oxazole rings is 1. The highest BCUT2D eigenvalue weighted by Gasteiger charge is 2.15. The SMILES string of the molecule is CCCC(CN)C(=O)NCc1ncc(CC)o1. The van der Waals surface area contributed by atoms with E-state index in [1.54, 1.807) is 6.20 Å². The Hall–Kier alpha value is -1.36. The average Bonchev–Trinajstić information content (AvgIpc) is 2.81. The van der Waals surface area contributed by atoms with Crippen LogP contribution in [0, 0.1) is 5.92 Å². The Labute approximate surface area is 102 Å². The zero-order valence-corrected chi connectivity index (χ0v) is 10.5. The number of aryl methyl sites for hydroxylation is 1. The van der Waals surface area contributed by atoms with Crippen LogP contribution in [0.2, 0.25) is 0 Å². The van der Waals surface area contributed by atoms with Gasteiger partial charge < -0.3 is 15.5 Å². The van der Waals surface area contributed by atoms with Gasteiger partial charge in [0.15, 0.2) is 0 Å². The van der Waals surface area contributed by atoms with Crippen molar-refractivity contribution in [1.82, 2.24) is 10.3 Å². The van der Waals surface area contributed by atoms with Crippen molar-refractivity contribution in [2.75, 3.05) is 6.54 Å². The molecular formula is C12H21N3O2. The van der Waals surface area contributed by atoms with E-state index in [9.17, 15) is 4.79 Å². The smallest absolute Gasteiger partial charge is 0.224 e. The van der Waals surface area contributed by atoms with Crippen LogP contribution < -0.4 is 11.1 Å². The largest absolute Gasteiger partial charge is 0.444 e. The van der Waals surface area contributed by atoms with Crippen LogP contribution in [0.4, 0.5) is 0 Å². The van der Waals surface area contributed by atoms with Crippen molar-refractivity contribution < 1.29 is 9.21 Å². The van der Waals surface area contributed by atoms with Crippen LogP contribution in [0.5, 0.6) is 0 Å². The van der Waals surface area contributed by atoms with Crippen LogP contribution in [-0.4, -0.2) is 17.4 Å². The number of rotatable bonds is 7. The Morgan fingerprint density at radius 2 is 2.35 bits per heavy atom. The average molecular weight is 239 g/mol. The Balaban J connectivity index is 2.41. The van der Waals surface area contributed by atoms with Crippen LogP contribution >= 0.6 is 0 Å². The van der Waals surface area contributed by atoms with Gasteiger partial charge in [0.25, 0.3) is 0 Å². The predicted octanol–water partition coefficient (Wildman–Crippen LogP) is 1.23. The molecule has 5 heteroatoms. The van der Waals surface area contributed by atoms with E-state index >= 15 is 0 Å². The summed E-state index contributed by atoms with van der Waals surface area (Å²) in [6.07, 6.45) is 4.26. The molecule has 1 atom stereocenters. The fraction of sp³-hybridized carbons (Fsp3) is 0.667. The van der Waals surface area contributed by atoms with E-state index < -0.39 is 0 Å². The highest BCUT2D eigenvalue weighted by molar-refractivity contribution is 5.78. The Bertz CT molecular complexity index is 349. The summed E-state index contributed by atoms with van der Waals surface area (Å²) in [6.45, 7) is 4.75. The topological polar surface area (TPSA) is 81.2 Å². The summed E-state index contributed by atoms with van der Waals surface area (Å²) in [5, 5.41) is 2.80. The zero-order valence-electron chi connectivity index (χ0n) is 10.5. The van der Waals surface area contributed by atoms with Gasteiger partial charge in [0.1, 0.15) is 5.76 Å². The van der Waals surface area contributed by atoms with Crippen molar-refractivity contribution in [3.8, 4) is 0 Å². The highest BCUT2D eigenvalue weighted by atomic mass is 16.4. The van der Waals surface area contributed by atoms with Gasteiger partial charge in [-0.3, -0.25) is 4.79 Å². The molecular weight excluding hydrogens is 218 g/mol. The first-order chi connectivity index (χ1) is 8.21. The third-order valence-electron chi connectivity index (χ3n) is 2.66. The van der Waals surface area contributed by atoms with Crippen molar-refractivity contribution in [3.05, 3.63) is 17.8 Å². The third kappa shape index (κ3) is 4.19. The minimum Gasteiger partial charge on any atom is -0.444 e. The molecule has 1 amide bonds. The van der Waals surface area contributed by atoms with Crippen LogP contribution in [-0.2, 0) is 17.8 Å².